The summed E-state index contributed by atoms with van der Waals surface area (Å²) in [7, 11) is 0. The summed E-state index contributed by atoms with van der Waals surface area (Å²) in [6.45, 7) is 0. The molecule has 0 bridgehead atoms. The molecule has 2 rings (SSSR count). The highest BCUT2D eigenvalue weighted by atomic mass is 32.2. The van der Waals surface area contributed by atoms with Crippen LogP contribution in [0.15, 0.2) is 24.3 Å². The molecule has 1 aliphatic heterocycles. The van der Waals surface area contributed by atoms with Crippen molar-refractivity contribution in [3.8, 4) is 5.75 Å². The van der Waals surface area contributed by atoms with E-state index >= 15 is 0 Å². The van der Waals surface area contributed by atoms with Gasteiger partial charge in [0.05, 0.1) is 5.25 Å². The van der Waals surface area contributed by atoms with E-state index in [1.54, 1.807) is 0 Å². The van der Waals surface area contributed by atoms with Gasteiger partial charge in [0.1, 0.15) is 10.1 Å². The SMILES string of the molecule is O=C(C[C@@H]1SC(=S)NC1=O)Nc1ccc(OC(F)(F)F)cc1. The number of ether oxygens (including phenoxy) is 1. The summed E-state index contributed by atoms with van der Waals surface area (Å²) in [5.41, 5.74) is 0.297. The van der Waals surface area contributed by atoms with E-state index in [4.69, 9.17) is 12.2 Å². The topological polar surface area (TPSA) is 67.4 Å². The maximum atomic E-state index is 12.0. The second-order valence-electron chi connectivity index (χ2n) is 4.21. The summed E-state index contributed by atoms with van der Waals surface area (Å²) in [6, 6.07) is 4.70. The molecule has 1 heterocycles. The third kappa shape index (κ3) is 4.88. The Hall–Kier alpha value is -1.81. The molecule has 0 spiro atoms. The number of benzene rings is 1. The molecule has 0 saturated carbocycles. The lowest BCUT2D eigenvalue weighted by atomic mass is 10.2. The van der Waals surface area contributed by atoms with E-state index in [1.807, 2.05) is 0 Å². The van der Waals surface area contributed by atoms with Crippen LogP contribution < -0.4 is 15.4 Å². The largest absolute Gasteiger partial charge is 0.573 e. The van der Waals surface area contributed by atoms with E-state index in [0.717, 1.165) is 23.9 Å². The summed E-state index contributed by atoms with van der Waals surface area (Å²) in [5.74, 6) is -1.16. The van der Waals surface area contributed by atoms with Crippen LogP contribution in [0.2, 0.25) is 0 Å². The van der Waals surface area contributed by atoms with Crippen LogP contribution in [-0.2, 0) is 9.59 Å². The number of carbonyl (C=O) groups excluding carboxylic acids is 2. The first-order valence-corrected chi connectivity index (χ1v) is 7.19. The smallest absolute Gasteiger partial charge is 0.406 e. The summed E-state index contributed by atoms with van der Waals surface area (Å²) >= 11 is 5.89. The third-order valence-corrected chi connectivity index (χ3v) is 3.88. The molecule has 1 aliphatic rings. The highest BCUT2D eigenvalue weighted by Gasteiger charge is 2.32. The molecule has 2 N–H and O–H groups in total. The van der Waals surface area contributed by atoms with Crippen LogP contribution in [0.5, 0.6) is 5.75 Å². The minimum absolute atomic E-state index is 0.0859. The first-order valence-electron chi connectivity index (χ1n) is 5.90. The van der Waals surface area contributed by atoms with Gasteiger partial charge < -0.3 is 15.4 Å². The van der Waals surface area contributed by atoms with Gasteiger partial charge in [-0.2, -0.15) is 0 Å². The Kier molecular flexibility index (Phi) is 4.91. The van der Waals surface area contributed by atoms with Gasteiger partial charge in [0, 0.05) is 12.1 Å². The molecular formula is C12H9F3N2O3S2. The second kappa shape index (κ2) is 6.53. The van der Waals surface area contributed by atoms with E-state index in [0.29, 0.717) is 10.0 Å². The van der Waals surface area contributed by atoms with Gasteiger partial charge in [-0.1, -0.05) is 24.0 Å². The molecule has 1 atom stereocenters. The Morgan fingerprint density at radius 3 is 2.50 bits per heavy atom. The number of anilines is 1. The fourth-order valence-corrected chi connectivity index (χ4v) is 2.92. The van der Waals surface area contributed by atoms with Gasteiger partial charge >= 0.3 is 6.36 Å². The van der Waals surface area contributed by atoms with Crippen molar-refractivity contribution in [1.29, 1.82) is 0 Å². The summed E-state index contributed by atoms with van der Waals surface area (Å²) in [4.78, 5) is 23.2. The molecule has 0 aliphatic carbocycles. The zero-order chi connectivity index (χ0) is 16.3. The number of hydrogen-bond acceptors (Lipinski definition) is 5. The average Bonchev–Trinajstić information content (AvgIpc) is 2.68. The Morgan fingerprint density at radius 1 is 1.36 bits per heavy atom. The van der Waals surface area contributed by atoms with Gasteiger partial charge in [0.25, 0.3) is 0 Å². The van der Waals surface area contributed by atoms with Crippen molar-refractivity contribution in [2.75, 3.05) is 5.32 Å². The molecule has 118 valence electrons. The zero-order valence-electron chi connectivity index (χ0n) is 10.8. The molecule has 0 aromatic heterocycles. The van der Waals surface area contributed by atoms with E-state index < -0.39 is 17.5 Å². The lowest BCUT2D eigenvalue weighted by Crippen LogP contribution is -2.27. The average molecular weight is 350 g/mol. The minimum atomic E-state index is -4.77. The third-order valence-electron chi connectivity index (χ3n) is 2.51. The maximum Gasteiger partial charge on any atom is 0.573 e. The second-order valence-corrected chi connectivity index (χ2v) is 6.09. The molecule has 1 fully saturated rings. The van der Waals surface area contributed by atoms with Crippen LogP contribution >= 0.6 is 24.0 Å². The van der Waals surface area contributed by atoms with Gasteiger partial charge in [0.15, 0.2) is 0 Å². The molecule has 0 radical (unpaired) electrons. The van der Waals surface area contributed by atoms with Crippen LogP contribution in [0.1, 0.15) is 6.42 Å². The number of hydrogen-bond donors (Lipinski definition) is 2. The highest BCUT2D eigenvalue weighted by Crippen LogP contribution is 2.25. The van der Waals surface area contributed by atoms with E-state index in [1.165, 1.54) is 12.1 Å². The van der Waals surface area contributed by atoms with E-state index in [-0.39, 0.29) is 18.1 Å². The van der Waals surface area contributed by atoms with Crippen molar-refractivity contribution in [3.05, 3.63) is 24.3 Å². The van der Waals surface area contributed by atoms with Crippen LogP contribution in [0.4, 0.5) is 18.9 Å². The first-order chi connectivity index (χ1) is 10.2. The normalized spacial score (nSPS) is 18.0. The Balaban J connectivity index is 1.89. The molecule has 5 nitrogen and oxygen atoms in total. The Labute approximate surface area is 132 Å². The van der Waals surface area contributed by atoms with Crippen LogP contribution in [0, 0.1) is 0 Å². The van der Waals surface area contributed by atoms with Crippen molar-refractivity contribution < 1.29 is 27.5 Å². The van der Waals surface area contributed by atoms with Crippen molar-refractivity contribution in [3.63, 3.8) is 0 Å². The number of carbonyl (C=O) groups is 2. The minimum Gasteiger partial charge on any atom is -0.406 e. The zero-order valence-corrected chi connectivity index (χ0v) is 12.4. The van der Waals surface area contributed by atoms with Gasteiger partial charge in [-0.15, -0.1) is 13.2 Å². The van der Waals surface area contributed by atoms with Gasteiger partial charge in [-0.05, 0) is 24.3 Å². The molecule has 1 saturated heterocycles. The van der Waals surface area contributed by atoms with Crippen molar-refractivity contribution in [1.82, 2.24) is 5.32 Å². The van der Waals surface area contributed by atoms with Crippen molar-refractivity contribution in [2.45, 2.75) is 18.0 Å². The van der Waals surface area contributed by atoms with Crippen molar-refractivity contribution in [2.24, 2.45) is 0 Å². The van der Waals surface area contributed by atoms with Crippen LogP contribution in [-0.4, -0.2) is 27.7 Å². The van der Waals surface area contributed by atoms with E-state index in [2.05, 4.69) is 15.4 Å². The predicted molar refractivity (Wildman–Crippen MR) is 78.5 cm³/mol. The predicted octanol–water partition coefficient (Wildman–Crippen LogP) is 2.43. The first kappa shape index (κ1) is 16.6. The Bertz CT molecular complexity index is 605. The van der Waals surface area contributed by atoms with Crippen LogP contribution in [0.3, 0.4) is 0 Å². The highest BCUT2D eigenvalue weighted by molar-refractivity contribution is 8.24. The summed E-state index contributed by atoms with van der Waals surface area (Å²) in [5, 5.41) is 4.30. The number of thioether (sulfide) groups is 1. The number of nitrogens with one attached hydrogen (secondary N) is 2. The molecule has 0 unspecified atom stereocenters. The standard InChI is InChI=1S/C12H9F3N2O3S2/c13-12(14,15)20-7-3-1-6(2-4-7)16-9(18)5-8-10(19)17-11(21)22-8/h1-4,8H,5H2,(H,16,18)(H,17,19,21)/t8-/m0/s1. The summed E-state index contributed by atoms with van der Waals surface area (Å²) in [6.07, 6.45) is -4.85. The molecule has 22 heavy (non-hydrogen) atoms. The fourth-order valence-electron chi connectivity index (χ4n) is 1.65. The molecular weight excluding hydrogens is 341 g/mol. The fraction of sp³-hybridized carbons (Fsp3) is 0.250. The maximum absolute atomic E-state index is 12.0. The number of amides is 2. The van der Waals surface area contributed by atoms with Gasteiger partial charge in [0.2, 0.25) is 11.8 Å². The van der Waals surface area contributed by atoms with Crippen LogP contribution in [0.25, 0.3) is 0 Å². The molecule has 1 aromatic rings. The number of rotatable bonds is 4. The molecule has 10 heteroatoms. The quantitative estimate of drug-likeness (QED) is 0.817. The lowest BCUT2D eigenvalue weighted by molar-refractivity contribution is -0.274. The van der Waals surface area contributed by atoms with Crippen molar-refractivity contribution >= 4 is 45.8 Å². The van der Waals surface area contributed by atoms with E-state index in [9.17, 15) is 22.8 Å². The Morgan fingerprint density at radius 2 is 2.00 bits per heavy atom. The van der Waals surface area contributed by atoms with Gasteiger partial charge in [-0.25, -0.2) is 0 Å². The number of thiocarbonyl (C=S) groups is 1. The lowest BCUT2D eigenvalue weighted by Gasteiger charge is -2.10. The molecule has 2 amide bonds. The van der Waals surface area contributed by atoms with Gasteiger partial charge in [-0.3, -0.25) is 9.59 Å². The monoisotopic (exact) mass is 350 g/mol. The summed E-state index contributed by atoms with van der Waals surface area (Å²) < 4.78 is 40.0. The number of alkyl halides is 3. The number of halogens is 3. The molecule has 1 aromatic carbocycles.